The monoisotopic (exact) mass is 260 g/mol. The summed E-state index contributed by atoms with van der Waals surface area (Å²) in [6, 6.07) is 7.46. The van der Waals surface area contributed by atoms with Gasteiger partial charge in [0.05, 0.1) is 0 Å². The van der Waals surface area contributed by atoms with E-state index in [1.54, 1.807) is 0 Å². The molecule has 0 N–H and O–H groups in total. The Morgan fingerprint density at radius 3 is 2.30 bits per heavy atom. The summed E-state index contributed by atoms with van der Waals surface area (Å²) in [7, 11) is 0. The van der Waals surface area contributed by atoms with E-state index >= 15 is 0 Å². The third-order valence-corrected chi connectivity index (χ3v) is 2.07. The summed E-state index contributed by atoms with van der Waals surface area (Å²) in [4.78, 5) is 0. The van der Waals surface area contributed by atoms with Gasteiger partial charge in [0.1, 0.15) is 0 Å². The molecule has 0 fully saturated rings. The normalized spacial score (nSPS) is 9.50. The van der Waals surface area contributed by atoms with Gasteiger partial charge in [-0.15, -0.1) is 0 Å². The molecule has 0 bridgehead atoms. The van der Waals surface area contributed by atoms with Crippen LogP contribution in [0.5, 0.6) is 0 Å². The van der Waals surface area contributed by atoms with Crippen molar-refractivity contribution < 1.29 is 17.9 Å². The van der Waals surface area contributed by atoms with Gasteiger partial charge in [-0.25, -0.2) is 0 Å². The molecule has 54 valence electrons. The molecule has 0 unspecified atom stereocenters. The third-order valence-electron chi connectivity index (χ3n) is 1.07. The topological polar surface area (TPSA) is 0 Å². The van der Waals surface area contributed by atoms with Crippen molar-refractivity contribution in [1.29, 1.82) is 0 Å². The van der Waals surface area contributed by atoms with Crippen LogP contribution in [-0.2, 0) is 17.9 Å². The fourth-order valence-corrected chi connectivity index (χ4v) is 1.56. The van der Waals surface area contributed by atoms with E-state index in [0.29, 0.717) is 8.59 Å². The number of halogens is 2. The van der Waals surface area contributed by atoms with Gasteiger partial charge in [-0.3, -0.25) is 0 Å². The van der Waals surface area contributed by atoms with Crippen LogP contribution in [-0.4, -0.2) is 3.57 Å². The first kappa shape index (κ1) is 8.39. The summed E-state index contributed by atoms with van der Waals surface area (Å²) in [5, 5.41) is 0.686. The number of benzene rings is 1. The van der Waals surface area contributed by atoms with Gasteiger partial charge in [0, 0.05) is 0 Å². The van der Waals surface area contributed by atoms with E-state index in [0.717, 1.165) is 5.56 Å². The molecular formula is C7H4Cl2Ru. The van der Waals surface area contributed by atoms with Crippen LogP contribution in [0.4, 0.5) is 0 Å². The van der Waals surface area contributed by atoms with Crippen molar-refractivity contribution in [2.75, 3.05) is 0 Å². The van der Waals surface area contributed by atoms with E-state index in [-0.39, 0.29) is 0 Å². The second kappa shape index (κ2) is 3.62. The average molecular weight is 260 g/mol. The number of hydrogen-bond acceptors (Lipinski definition) is 0. The molecule has 0 radical (unpaired) electrons. The zero-order valence-corrected chi connectivity index (χ0v) is 8.17. The van der Waals surface area contributed by atoms with E-state index < -0.39 is 0 Å². The quantitative estimate of drug-likeness (QED) is 0.681. The molecule has 0 aliphatic heterocycles. The summed E-state index contributed by atoms with van der Waals surface area (Å²) in [6.45, 7) is 0. The Morgan fingerprint density at radius 1 is 1.30 bits per heavy atom. The molecular weight excluding hydrogens is 256 g/mol. The van der Waals surface area contributed by atoms with Crippen molar-refractivity contribution in [2.24, 2.45) is 0 Å². The molecule has 1 rings (SSSR count). The van der Waals surface area contributed by atoms with Crippen molar-refractivity contribution in [2.45, 2.75) is 0 Å². The van der Waals surface area contributed by atoms with Gasteiger partial charge in [0.2, 0.25) is 0 Å². The van der Waals surface area contributed by atoms with E-state index in [4.69, 9.17) is 23.2 Å². The Labute approximate surface area is 79.3 Å². The predicted molar refractivity (Wildman–Crippen MR) is 41.4 cm³/mol. The molecule has 0 nitrogen and oxygen atoms in total. The molecule has 0 aliphatic rings. The third kappa shape index (κ3) is 1.89. The molecule has 0 saturated heterocycles. The molecule has 1 aromatic carbocycles. The summed E-state index contributed by atoms with van der Waals surface area (Å²) in [6.07, 6.45) is 0. The fraction of sp³-hybridized carbons (Fsp3) is 0. The summed E-state index contributed by atoms with van der Waals surface area (Å²) in [5.41, 5.74) is 0.877. The second-order valence-corrected chi connectivity index (χ2v) is 3.88. The van der Waals surface area contributed by atoms with Crippen molar-refractivity contribution >= 4 is 26.8 Å². The average Bonchev–Trinajstić information content (AvgIpc) is 1.88. The minimum absolute atomic E-state index is 0.657. The van der Waals surface area contributed by atoms with Gasteiger partial charge < -0.3 is 0 Å². The van der Waals surface area contributed by atoms with Gasteiger partial charge in [0.25, 0.3) is 0 Å². The fourth-order valence-electron chi connectivity index (χ4n) is 0.610. The maximum absolute atomic E-state index is 5.80. The Morgan fingerprint density at radius 2 is 1.90 bits per heavy atom. The van der Waals surface area contributed by atoms with Crippen molar-refractivity contribution in [3.8, 4) is 0 Å². The van der Waals surface area contributed by atoms with Gasteiger partial charge >= 0.3 is 79.5 Å². The Balaban J connectivity index is 3.15. The number of rotatable bonds is 1. The molecule has 0 saturated carbocycles. The first-order valence-corrected chi connectivity index (χ1v) is 4.26. The van der Waals surface area contributed by atoms with E-state index in [2.05, 4.69) is 17.9 Å². The zero-order valence-electron chi connectivity index (χ0n) is 4.92. The maximum atomic E-state index is 5.80. The van der Waals surface area contributed by atoms with Gasteiger partial charge in [-0.2, -0.15) is 0 Å². The van der Waals surface area contributed by atoms with Crippen LogP contribution in [0.1, 0.15) is 5.56 Å². The SMILES string of the molecule is Cl[C](=[Ru])c1ccccc1Cl. The molecule has 0 spiro atoms. The minimum atomic E-state index is 0.657. The van der Waals surface area contributed by atoms with E-state index in [1.165, 1.54) is 0 Å². The van der Waals surface area contributed by atoms with Crippen LogP contribution in [0.3, 0.4) is 0 Å². The molecule has 3 heteroatoms. The first-order chi connectivity index (χ1) is 4.72. The van der Waals surface area contributed by atoms with Crippen LogP contribution < -0.4 is 0 Å². The van der Waals surface area contributed by atoms with E-state index in [9.17, 15) is 0 Å². The molecule has 1 aromatic rings. The van der Waals surface area contributed by atoms with Crippen LogP contribution in [0.15, 0.2) is 24.3 Å². The van der Waals surface area contributed by atoms with Crippen LogP contribution in [0.25, 0.3) is 0 Å². The molecule has 0 aromatic heterocycles. The molecule has 0 heterocycles. The standard InChI is InChI=1S/C7H4Cl2.Ru/c8-5-6-3-1-2-4-7(6)9;/h1-4H;. The predicted octanol–water partition coefficient (Wildman–Crippen LogP) is 2.60. The van der Waals surface area contributed by atoms with Crippen LogP contribution in [0.2, 0.25) is 5.02 Å². The number of hydrogen-bond donors (Lipinski definition) is 0. The first-order valence-electron chi connectivity index (χ1n) is 2.63. The second-order valence-electron chi connectivity index (χ2n) is 1.73. The van der Waals surface area contributed by atoms with Crippen molar-refractivity contribution in [3.05, 3.63) is 34.9 Å². The summed E-state index contributed by atoms with van der Waals surface area (Å²) >= 11 is 13.8. The van der Waals surface area contributed by atoms with Gasteiger partial charge in [-0.1, -0.05) is 0 Å². The van der Waals surface area contributed by atoms with Crippen molar-refractivity contribution in [3.63, 3.8) is 0 Å². The van der Waals surface area contributed by atoms with E-state index in [1.807, 2.05) is 24.3 Å². The molecule has 0 aliphatic carbocycles. The zero-order chi connectivity index (χ0) is 7.56. The molecule has 10 heavy (non-hydrogen) atoms. The van der Waals surface area contributed by atoms with Gasteiger partial charge in [-0.05, 0) is 0 Å². The molecule has 0 amide bonds. The van der Waals surface area contributed by atoms with Gasteiger partial charge in [0.15, 0.2) is 0 Å². The summed E-state index contributed by atoms with van der Waals surface area (Å²) in [5.74, 6) is 0. The Hall–Kier alpha value is 0.293. The Kier molecular flexibility index (Phi) is 3.03. The van der Waals surface area contributed by atoms with Crippen molar-refractivity contribution in [1.82, 2.24) is 0 Å². The molecule has 0 atom stereocenters. The Bertz CT molecular complexity index is 258. The van der Waals surface area contributed by atoms with Crippen LogP contribution >= 0.6 is 23.2 Å². The summed E-state index contributed by atoms with van der Waals surface area (Å²) < 4.78 is 0.657. The van der Waals surface area contributed by atoms with Crippen LogP contribution in [0, 0.1) is 0 Å².